The molecule has 3 rings (SSSR count). The third-order valence-corrected chi connectivity index (χ3v) is 5.54. The number of rotatable bonds is 9. The van der Waals surface area contributed by atoms with E-state index >= 15 is 0 Å². The molecule has 1 unspecified atom stereocenters. The summed E-state index contributed by atoms with van der Waals surface area (Å²) in [5.74, 6) is 2.01. The van der Waals surface area contributed by atoms with Gasteiger partial charge in [-0.25, -0.2) is 0 Å². The van der Waals surface area contributed by atoms with Gasteiger partial charge in [-0.3, -0.25) is 4.99 Å². The Bertz CT molecular complexity index is 748. The Labute approximate surface area is 205 Å². The lowest BCUT2D eigenvalue weighted by Gasteiger charge is -2.35. The Kier molecular flexibility index (Phi) is 11.0. The smallest absolute Gasteiger partial charge is 0.387 e. The van der Waals surface area contributed by atoms with Crippen LogP contribution in [0.15, 0.2) is 17.1 Å². The van der Waals surface area contributed by atoms with E-state index in [4.69, 9.17) is 9.47 Å². The first-order valence-electron chi connectivity index (χ1n) is 10.7. The van der Waals surface area contributed by atoms with Crippen LogP contribution in [-0.2, 0) is 6.54 Å². The number of nitrogens with one attached hydrogen (secondary N) is 2. The van der Waals surface area contributed by atoms with Gasteiger partial charge in [0.15, 0.2) is 17.5 Å². The third kappa shape index (κ3) is 7.77. The van der Waals surface area contributed by atoms with Crippen LogP contribution in [-0.4, -0.2) is 82.0 Å². The van der Waals surface area contributed by atoms with Crippen LogP contribution in [0.5, 0.6) is 17.2 Å². The quantitative estimate of drug-likeness (QED) is 0.269. The zero-order valence-electron chi connectivity index (χ0n) is 18.9. The fourth-order valence-electron chi connectivity index (χ4n) is 3.77. The Morgan fingerprint density at radius 3 is 2.41 bits per heavy atom. The monoisotopic (exact) mass is 569 g/mol. The molecule has 0 aromatic heterocycles. The van der Waals surface area contributed by atoms with Crippen molar-refractivity contribution in [2.45, 2.75) is 27.0 Å². The summed E-state index contributed by atoms with van der Waals surface area (Å²) in [6.45, 7) is 9.15. The van der Waals surface area contributed by atoms with Gasteiger partial charge in [0.25, 0.3) is 0 Å². The van der Waals surface area contributed by atoms with Crippen molar-refractivity contribution in [1.82, 2.24) is 20.4 Å². The van der Waals surface area contributed by atoms with Crippen LogP contribution in [0.4, 0.5) is 8.78 Å². The number of fused-ring (bicyclic) bond motifs is 1. The van der Waals surface area contributed by atoms with Gasteiger partial charge in [0.1, 0.15) is 5.75 Å². The summed E-state index contributed by atoms with van der Waals surface area (Å²) < 4.78 is 40.9. The maximum Gasteiger partial charge on any atom is 0.387 e. The topological polar surface area (TPSA) is 70.6 Å². The molecule has 2 aliphatic heterocycles. The number of alkyl halides is 2. The summed E-state index contributed by atoms with van der Waals surface area (Å²) in [6, 6.07) is 3.08. The molecule has 0 radical (unpaired) electrons. The molecular weight excluding hydrogens is 535 g/mol. The van der Waals surface area contributed by atoms with Crippen LogP contribution in [0.25, 0.3) is 0 Å². The molecule has 2 N–H and O–H groups in total. The summed E-state index contributed by atoms with van der Waals surface area (Å²) in [7, 11) is 1.68. The largest absolute Gasteiger partial charge is 0.454 e. The van der Waals surface area contributed by atoms with E-state index in [-0.39, 0.29) is 43.1 Å². The molecule has 2 heterocycles. The molecule has 0 amide bonds. The first-order chi connectivity index (χ1) is 15.0. The van der Waals surface area contributed by atoms with Gasteiger partial charge in [-0.15, -0.1) is 24.0 Å². The third-order valence-electron chi connectivity index (χ3n) is 5.54. The minimum absolute atomic E-state index is 0. The molecule has 2 aliphatic rings. The number of hydrogen-bond donors (Lipinski definition) is 2. The summed E-state index contributed by atoms with van der Waals surface area (Å²) in [5.41, 5.74) is 0.536. The summed E-state index contributed by atoms with van der Waals surface area (Å²) in [5, 5.41) is 6.48. The van der Waals surface area contributed by atoms with Crippen LogP contribution >= 0.6 is 24.0 Å². The van der Waals surface area contributed by atoms with Crippen molar-refractivity contribution in [3.05, 3.63) is 17.7 Å². The predicted octanol–water partition coefficient (Wildman–Crippen LogP) is 2.57. The number of hydrogen-bond acceptors (Lipinski definition) is 6. The van der Waals surface area contributed by atoms with E-state index in [1.165, 1.54) is 6.07 Å². The molecule has 8 nitrogen and oxygen atoms in total. The van der Waals surface area contributed by atoms with Gasteiger partial charge in [0, 0.05) is 64.5 Å². The fraction of sp³-hybridized carbons (Fsp3) is 0.667. The molecule has 0 aliphatic carbocycles. The van der Waals surface area contributed by atoms with E-state index < -0.39 is 6.61 Å². The van der Waals surface area contributed by atoms with Crippen LogP contribution in [0.2, 0.25) is 0 Å². The van der Waals surface area contributed by atoms with Crippen molar-refractivity contribution in [3.8, 4) is 17.2 Å². The highest BCUT2D eigenvalue weighted by atomic mass is 127. The highest BCUT2D eigenvalue weighted by Crippen LogP contribution is 2.38. The number of ether oxygens (including phenoxy) is 3. The van der Waals surface area contributed by atoms with Gasteiger partial charge in [-0.1, -0.05) is 13.8 Å². The van der Waals surface area contributed by atoms with Crippen LogP contribution in [0, 0.1) is 5.92 Å². The van der Waals surface area contributed by atoms with Gasteiger partial charge < -0.3 is 34.6 Å². The van der Waals surface area contributed by atoms with Gasteiger partial charge >= 0.3 is 6.61 Å². The molecule has 1 aromatic rings. The number of guanidine groups is 1. The number of aliphatic imine (C=N–C) groups is 1. The number of benzene rings is 1. The lowest BCUT2D eigenvalue weighted by Crippen LogP contribution is -2.48. The van der Waals surface area contributed by atoms with E-state index in [0.29, 0.717) is 28.9 Å². The fourth-order valence-corrected chi connectivity index (χ4v) is 3.77. The van der Waals surface area contributed by atoms with Crippen molar-refractivity contribution in [3.63, 3.8) is 0 Å². The lowest BCUT2D eigenvalue weighted by atomic mass is 10.1. The molecular formula is C21H34F2IN5O3. The number of halogens is 3. The molecule has 0 spiro atoms. The van der Waals surface area contributed by atoms with Crippen molar-refractivity contribution in [2.24, 2.45) is 10.9 Å². The van der Waals surface area contributed by atoms with E-state index in [2.05, 4.69) is 44.0 Å². The molecule has 1 saturated heterocycles. The highest BCUT2D eigenvalue weighted by Gasteiger charge is 2.21. The Morgan fingerprint density at radius 1 is 1.12 bits per heavy atom. The molecule has 1 fully saturated rings. The summed E-state index contributed by atoms with van der Waals surface area (Å²) in [6.07, 6.45) is 0. The lowest BCUT2D eigenvalue weighted by molar-refractivity contribution is -0.0505. The van der Waals surface area contributed by atoms with E-state index in [1.807, 2.05) is 0 Å². The zero-order chi connectivity index (χ0) is 22.2. The van der Waals surface area contributed by atoms with E-state index in [1.54, 1.807) is 13.1 Å². The average molecular weight is 569 g/mol. The van der Waals surface area contributed by atoms with Crippen LogP contribution in [0.1, 0.15) is 19.4 Å². The Hall–Kier alpha value is -1.60. The van der Waals surface area contributed by atoms with Crippen molar-refractivity contribution in [2.75, 3.05) is 59.7 Å². The van der Waals surface area contributed by atoms with Crippen molar-refractivity contribution < 1.29 is 23.0 Å². The van der Waals surface area contributed by atoms with E-state index in [0.717, 1.165) is 45.8 Å². The maximum absolute atomic E-state index is 12.8. The second kappa shape index (κ2) is 13.2. The summed E-state index contributed by atoms with van der Waals surface area (Å²) >= 11 is 0. The van der Waals surface area contributed by atoms with Gasteiger partial charge in [-0.2, -0.15) is 8.78 Å². The Morgan fingerprint density at radius 2 is 1.78 bits per heavy atom. The van der Waals surface area contributed by atoms with Gasteiger partial charge in [-0.05, 0) is 18.5 Å². The van der Waals surface area contributed by atoms with Gasteiger partial charge in [0.05, 0.1) is 0 Å². The molecule has 182 valence electrons. The SMILES string of the molecule is CCN1CCN(CC(C)CNC(=NC)NCc2cc3c(cc2OC(F)F)OCO3)CC1.I. The molecule has 0 saturated carbocycles. The number of nitrogens with zero attached hydrogens (tertiary/aromatic N) is 3. The van der Waals surface area contributed by atoms with Crippen molar-refractivity contribution in [1.29, 1.82) is 0 Å². The van der Waals surface area contributed by atoms with E-state index in [9.17, 15) is 8.78 Å². The molecule has 1 atom stereocenters. The molecule has 32 heavy (non-hydrogen) atoms. The zero-order valence-corrected chi connectivity index (χ0v) is 21.2. The molecule has 0 bridgehead atoms. The van der Waals surface area contributed by atoms with Crippen LogP contribution in [0.3, 0.4) is 0 Å². The molecule has 11 heteroatoms. The second-order valence-electron chi connectivity index (χ2n) is 7.84. The van der Waals surface area contributed by atoms with Crippen molar-refractivity contribution >= 4 is 29.9 Å². The summed E-state index contributed by atoms with van der Waals surface area (Å²) in [4.78, 5) is 9.20. The second-order valence-corrected chi connectivity index (χ2v) is 7.84. The first kappa shape index (κ1) is 26.7. The maximum atomic E-state index is 12.8. The normalized spacial score (nSPS) is 17.8. The number of likely N-dealkylation sites (N-methyl/N-ethyl adjacent to an activating group) is 1. The first-order valence-corrected chi connectivity index (χ1v) is 10.7. The Balaban J connectivity index is 0.00000363. The average Bonchev–Trinajstić information content (AvgIpc) is 3.21. The number of piperazine rings is 1. The standard InChI is InChI=1S/C21H33F2N5O3.HI/c1-4-27-5-7-28(8-6-27)13-15(2)11-25-21(24-3)26-12-16-9-18-19(30-14-29-18)10-17(16)31-20(22)23;/h9-10,15,20H,4-8,11-14H2,1-3H3,(H2,24,25,26);1H. The highest BCUT2D eigenvalue weighted by molar-refractivity contribution is 14.0. The minimum atomic E-state index is -2.92. The molecule has 1 aromatic carbocycles. The van der Waals surface area contributed by atoms with Gasteiger partial charge in [0.2, 0.25) is 6.79 Å². The minimum Gasteiger partial charge on any atom is -0.454 e. The predicted molar refractivity (Wildman–Crippen MR) is 131 cm³/mol. The van der Waals surface area contributed by atoms with Crippen LogP contribution < -0.4 is 24.8 Å².